The third-order valence-corrected chi connectivity index (χ3v) is 9.99. The number of nitrogens with one attached hydrogen (secondary N) is 1. The summed E-state index contributed by atoms with van der Waals surface area (Å²) in [4.78, 5) is 17.5. The number of fused-ring (bicyclic) bond motifs is 5. The summed E-state index contributed by atoms with van der Waals surface area (Å²) in [5.74, 6) is 7.12. The molecule has 5 heteroatoms. The van der Waals surface area contributed by atoms with E-state index < -0.39 is 5.60 Å². The fourth-order valence-electron chi connectivity index (χ4n) is 7.94. The molecule has 3 aliphatic rings. The molecule has 206 valence electrons. The number of rotatable bonds is 5. The molecule has 0 aliphatic heterocycles. The molecule has 5 nitrogen and oxygen atoms in total. The number of hydrogen-bond acceptors (Lipinski definition) is 4. The monoisotopic (exact) mass is 534 g/mol. The summed E-state index contributed by atoms with van der Waals surface area (Å²) < 4.78 is 6.76. The predicted octanol–water partition coefficient (Wildman–Crippen LogP) is 6.45. The van der Waals surface area contributed by atoms with Gasteiger partial charge in [-0.1, -0.05) is 49.2 Å². The van der Waals surface area contributed by atoms with Gasteiger partial charge in [0.1, 0.15) is 5.60 Å². The summed E-state index contributed by atoms with van der Waals surface area (Å²) in [5, 5.41) is 14.8. The first-order chi connectivity index (χ1) is 19.3. The van der Waals surface area contributed by atoms with E-state index in [0.717, 1.165) is 42.6 Å². The molecule has 3 aromatic rings. The van der Waals surface area contributed by atoms with Crippen molar-refractivity contribution in [3.05, 3.63) is 94.8 Å². The zero-order valence-electron chi connectivity index (χ0n) is 23.6. The summed E-state index contributed by atoms with van der Waals surface area (Å²) in [5.41, 5.74) is 4.56. The van der Waals surface area contributed by atoms with Gasteiger partial charge < -0.3 is 15.2 Å². The molecule has 2 fully saturated rings. The second-order valence-electron chi connectivity index (χ2n) is 12.1. The fraction of sp³-hybridized carbons (Fsp3) is 0.429. The molecular formula is C35H38N2O3. The van der Waals surface area contributed by atoms with E-state index in [0.29, 0.717) is 30.4 Å². The van der Waals surface area contributed by atoms with Gasteiger partial charge in [-0.3, -0.25) is 9.78 Å². The van der Waals surface area contributed by atoms with Crippen LogP contribution in [-0.2, 0) is 17.8 Å². The van der Waals surface area contributed by atoms with E-state index in [1.807, 2.05) is 50.2 Å². The minimum Gasteiger partial charge on any atom is -0.377 e. The Kier molecular flexibility index (Phi) is 7.02. The van der Waals surface area contributed by atoms with Crippen molar-refractivity contribution in [2.24, 2.45) is 17.3 Å². The molecule has 0 spiro atoms. The molecule has 0 saturated heterocycles. The molecule has 40 heavy (non-hydrogen) atoms. The van der Waals surface area contributed by atoms with E-state index in [9.17, 15) is 9.90 Å². The van der Waals surface area contributed by atoms with Crippen LogP contribution in [-0.4, -0.2) is 27.7 Å². The highest BCUT2D eigenvalue weighted by Crippen LogP contribution is 2.64. The normalized spacial score (nSPS) is 30.3. The van der Waals surface area contributed by atoms with E-state index in [1.165, 1.54) is 11.1 Å². The van der Waals surface area contributed by atoms with E-state index in [4.69, 9.17) is 4.74 Å². The number of pyridine rings is 1. The van der Waals surface area contributed by atoms with Crippen molar-refractivity contribution in [1.29, 1.82) is 0 Å². The second kappa shape index (κ2) is 10.5. The Labute approximate surface area is 237 Å². The van der Waals surface area contributed by atoms with Crippen LogP contribution in [0, 0.1) is 36.0 Å². The Hall–Kier alpha value is -3.46. The van der Waals surface area contributed by atoms with Crippen LogP contribution in [0.5, 0.6) is 0 Å². The molecule has 0 bridgehead atoms. The van der Waals surface area contributed by atoms with Crippen molar-refractivity contribution in [2.75, 3.05) is 5.32 Å². The van der Waals surface area contributed by atoms with Gasteiger partial charge in [0.2, 0.25) is 0 Å². The van der Waals surface area contributed by atoms with Crippen molar-refractivity contribution in [2.45, 2.75) is 77.1 Å². The van der Waals surface area contributed by atoms with Crippen LogP contribution in [0.3, 0.4) is 0 Å². The maximum Gasteiger partial charge on any atom is 0.255 e. The van der Waals surface area contributed by atoms with Gasteiger partial charge in [-0.15, -0.1) is 5.92 Å². The summed E-state index contributed by atoms with van der Waals surface area (Å²) in [7, 11) is 0. The topological polar surface area (TPSA) is 71.5 Å². The lowest BCUT2D eigenvalue weighted by atomic mass is 9.52. The third kappa shape index (κ3) is 4.54. The minimum atomic E-state index is -0.988. The molecule has 2 N–H and O–H groups in total. The summed E-state index contributed by atoms with van der Waals surface area (Å²) >= 11 is 0. The van der Waals surface area contributed by atoms with Crippen LogP contribution in [0.2, 0.25) is 0 Å². The van der Waals surface area contributed by atoms with E-state index in [-0.39, 0.29) is 23.3 Å². The van der Waals surface area contributed by atoms with Gasteiger partial charge >= 0.3 is 0 Å². The number of ether oxygens (including phenoxy) is 1. The smallest absolute Gasteiger partial charge is 0.255 e. The summed E-state index contributed by atoms with van der Waals surface area (Å²) in [6.07, 6.45) is 6.07. The van der Waals surface area contributed by atoms with Gasteiger partial charge in [-0.25, -0.2) is 0 Å². The van der Waals surface area contributed by atoms with Gasteiger partial charge in [0.05, 0.1) is 24.1 Å². The molecule has 0 unspecified atom stereocenters. The number of aliphatic hydroxyl groups is 1. The first kappa shape index (κ1) is 26.7. The van der Waals surface area contributed by atoms with Crippen molar-refractivity contribution in [1.82, 2.24) is 4.98 Å². The fourth-order valence-corrected chi connectivity index (χ4v) is 7.94. The lowest BCUT2D eigenvalue weighted by Gasteiger charge is -2.55. The number of nitrogens with zero attached hydrogens (tertiary/aromatic N) is 1. The number of amides is 1. The zero-order valence-corrected chi connectivity index (χ0v) is 23.6. The highest BCUT2D eigenvalue weighted by atomic mass is 16.5. The van der Waals surface area contributed by atoms with Crippen LogP contribution in [0.1, 0.15) is 78.2 Å². The summed E-state index contributed by atoms with van der Waals surface area (Å²) in [6, 6.07) is 20.2. The van der Waals surface area contributed by atoms with Crippen molar-refractivity contribution in [3.63, 3.8) is 0 Å². The molecule has 0 radical (unpaired) electrons. The number of carbonyl (C=O) groups is 1. The standard InChI is InChI=1S/C35H38N2O3/c1-4-17-35(39)18-16-29-28-15-12-25-20-26(33(38)37-30-11-8-19-36-23(30)2)13-14-27(25)32(28)31(21-34(29,35)3)40-22-24-9-6-5-7-10-24/h5-11,13-14,19-20,28-29,31-32,39H,12,15-16,18,21-22H2,1-3H3,(H,37,38)/t28-,29-,31-,32+,34-,35-/m0/s1. The van der Waals surface area contributed by atoms with Gasteiger partial charge in [-0.05, 0) is 98.7 Å². The van der Waals surface area contributed by atoms with Gasteiger partial charge in [0, 0.05) is 23.1 Å². The van der Waals surface area contributed by atoms with Crippen LogP contribution in [0.25, 0.3) is 0 Å². The molecule has 2 aromatic carbocycles. The molecule has 1 aromatic heterocycles. The molecule has 1 heterocycles. The highest BCUT2D eigenvalue weighted by molar-refractivity contribution is 6.04. The van der Waals surface area contributed by atoms with Gasteiger partial charge in [0.25, 0.3) is 5.91 Å². The minimum absolute atomic E-state index is 0.0495. The van der Waals surface area contributed by atoms with E-state index in [1.54, 1.807) is 6.20 Å². The largest absolute Gasteiger partial charge is 0.377 e. The van der Waals surface area contributed by atoms with Crippen LogP contribution in [0.4, 0.5) is 5.69 Å². The first-order valence-electron chi connectivity index (χ1n) is 14.5. The lowest BCUT2D eigenvalue weighted by Crippen LogP contribution is -2.55. The Balaban J connectivity index is 1.33. The molecule has 6 rings (SSSR count). The van der Waals surface area contributed by atoms with Crippen LogP contribution < -0.4 is 5.32 Å². The number of carbonyl (C=O) groups excluding carboxylic acids is 1. The SMILES string of the molecule is CC#C[C@]1(O)CC[C@H]2[C@@H]3CCc4cc(C(=O)Nc5cccnc5C)ccc4[C@H]3[C@@H](OCc3ccccc3)C[C@@]21C. The van der Waals surface area contributed by atoms with Gasteiger partial charge in [-0.2, -0.15) is 0 Å². The lowest BCUT2D eigenvalue weighted by molar-refractivity contribution is -0.129. The quantitative estimate of drug-likeness (QED) is 0.369. The van der Waals surface area contributed by atoms with Crippen molar-refractivity contribution < 1.29 is 14.6 Å². The Bertz CT molecular complexity index is 1470. The number of aromatic nitrogens is 1. The Morgan fingerprint density at radius 3 is 2.75 bits per heavy atom. The van der Waals surface area contributed by atoms with E-state index in [2.05, 4.69) is 53.3 Å². The maximum absolute atomic E-state index is 13.2. The predicted molar refractivity (Wildman–Crippen MR) is 157 cm³/mol. The molecule has 3 aliphatic carbocycles. The highest BCUT2D eigenvalue weighted by Gasteiger charge is 2.63. The molecular weight excluding hydrogens is 496 g/mol. The number of aryl methyl sites for hydroxylation is 2. The Morgan fingerprint density at radius 2 is 1.98 bits per heavy atom. The zero-order chi connectivity index (χ0) is 27.9. The van der Waals surface area contributed by atoms with Crippen LogP contribution >= 0.6 is 0 Å². The number of benzene rings is 2. The van der Waals surface area contributed by atoms with E-state index >= 15 is 0 Å². The average Bonchev–Trinajstić information content (AvgIpc) is 3.22. The van der Waals surface area contributed by atoms with Crippen LogP contribution in [0.15, 0.2) is 66.9 Å². The molecule has 1 amide bonds. The molecule has 2 saturated carbocycles. The van der Waals surface area contributed by atoms with Gasteiger partial charge in [0.15, 0.2) is 0 Å². The summed E-state index contributed by atoms with van der Waals surface area (Å²) in [6.45, 7) is 6.50. The molecule has 6 atom stereocenters. The number of hydrogen-bond donors (Lipinski definition) is 2. The average molecular weight is 535 g/mol. The van der Waals surface area contributed by atoms with Crippen molar-refractivity contribution in [3.8, 4) is 11.8 Å². The number of anilines is 1. The second-order valence-corrected chi connectivity index (χ2v) is 12.1. The Morgan fingerprint density at radius 1 is 1.15 bits per heavy atom. The van der Waals surface area contributed by atoms with Crippen molar-refractivity contribution >= 4 is 11.6 Å². The third-order valence-electron chi connectivity index (χ3n) is 9.99. The maximum atomic E-state index is 13.2. The first-order valence-corrected chi connectivity index (χ1v) is 14.5.